The Morgan fingerprint density at radius 3 is 2.50 bits per heavy atom. The van der Waals surface area contributed by atoms with Gasteiger partial charge in [0.05, 0.1) is 0 Å². The second-order valence-corrected chi connectivity index (χ2v) is 6.34. The van der Waals surface area contributed by atoms with Gasteiger partial charge in [-0.05, 0) is 37.0 Å². The highest BCUT2D eigenvalue weighted by Gasteiger charge is 2.62. The van der Waals surface area contributed by atoms with Gasteiger partial charge in [-0.1, -0.05) is 27.7 Å². The zero-order valence-electron chi connectivity index (χ0n) is 11.0. The van der Waals surface area contributed by atoms with Crippen molar-refractivity contribution in [2.45, 2.75) is 65.9 Å². The van der Waals surface area contributed by atoms with Gasteiger partial charge in [0.15, 0.2) is 0 Å². The van der Waals surface area contributed by atoms with Crippen LogP contribution in [-0.2, 0) is 9.53 Å². The molecule has 2 nitrogen and oxygen atoms in total. The van der Waals surface area contributed by atoms with E-state index in [9.17, 15) is 4.79 Å². The summed E-state index contributed by atoms with van der Waals surface area (Å²) in [5.74, 6) is 0.744. The van der Waals surface area contributed by atoms with Crippen LogP contribution in [0, 0.1) is 16.7 Å². The molecule has 92 valence electrons. The maximum absolute atomic E-state index is 11.6. The number of carbonyl (C=O) groups is 1. The topological polar surface area (TPSA) is 26.3 Å². The Hall–Kier alpha value is -0.530. The van der Waals surface area contributed by atoms with Crippen LogP contribution in [0.5, 0.6) is 0 Å². The Bertz CT molecular complexity index is 295. The van der Waals surface area contributed by atoms with Crippen LogP contribution in [0.4, 0.5) is 0 Å². The average Bonchev–Trinajstić information content (AvgIpc) is 2.51. The van der Waals surface area contributed by atoms with Gasteiger partial charge in [-0.25, -0.2) is 0 Å². The van der Waals surface area contributed by atoms with E-state index >= 15 is 0 Å². The van der Waals surface area contributed by atoms with Crippen molar-refractivity contribution >= 4 is 5.97 Å². The van der Waals surface area contributed by atoms with Gasteiger partial charge in [-0.3, -0.25) is 4.79 Å². The van der Waals surface area contributed by atoms with Crippen molar-refractivity contribution in [3.8, 4) is 0 Å². The number of hydrogen-bond acceptors (Lipinski definition) is 2. The fraction of sp³-hybridized carbons (Fsp3) is 0.929. The van der Waals surface area contributed by atoms with Crippen LogP contribution in [0.1, 0.15) is 59.8 Å². The molecule has 0 radical (unpaired) electrons. The minimum Gasteiger partial charge on any atom is -0.462 e. The van der Waals surface area contributed by atoms with E-state index in [1.807, 2.05) is 6.92 Å². The van der Waals surface area contributed by atoms with Crippen molar-refractivity contribution < 1.29 is 9.53 Å². The minimum absolute atomic E-state index is 0.00271. The fourth-order valence-electron chi connectivity index (χ4n) is 3.73. The summed E-state index contributed by atoms with van der Waals surface area (Å²) in [5, 5.41) is 0. The Labute approximate surface area is 98.7 Å². The third-order valence-electron chi connectivity index (χ3n) is 5.44. The van der Waals surface area contributed by atoms with Crippen LogP contribution in [-0.4, -0.2) is 12.1 Å². The average molecular weight is 224 g/mol. The Balaban J connectivity index is 2.07. The third-order valence-corrected chi connectivity index (χ3v) is 5.44. The first-order chi connectivity index (χ1) is 7.41. The van der Waals surface area contributed by atoms with Crippen molar-refractivity contribution in [3.63, 3.8) is 0 Å². The predicted octanol–water partition coefficient (Wildman–Crippen LogP) is 3.54. The fourth-order valence-corrected chi connectivity index (χ4v) is 3.73. The van der Waals surface area contributed by atoms with Gasteiger partial charge in [0.2, 0.25) is 0 Å². The second kappa shape index (κ2) is 3.75. The summed E-state index contributed by atoms with van der Waals surface area (Å²) in [4.78, 5) is 11.6. The van der Waals surface area contributed by atoms with Crippen LogP contribution in [0.15, 0.2) is 0 Å². The van der Waals surface area contributed by atoms with Crippen LogP contribution in [0.3, 0.4) is 0 Å². The molecule has 0 spiro atoms. The quantitative estimate of drug-likeness (QED) is 0.685. The molecule has 2 fully saturated rings. The maximum atomic E-state index is 11.6. The molecule has 2 aliphatic carbocycles. The lowest BCUT2D eigenvalue weighted by atomic mass is 9.70. The summed E-state index contributed by atoms with van der Waals surface area (Å²) < 4.78 is 5.69. The highest BCUT2D eigenvalue weighted by Crippen LogP contribution is 2.66. The molecule has 0 aromatic heterocycles. The molecule has 3 atom stereocenters. The lowest BCUT2D eigenvalue weighted by molar-refractivity contribution is -0.156. The molecule has 0 aromatic rings. The maximum Gasteiger partial charge on any atom is 0.306 e. The molecule has 0 amide bonds. The molecule has 2 rings (SSSR count). The van der Waals surface area contributed by atoms with E-state index in [1.54, 1.807) is 0 Å². The molecule has 0 aromatic carbocycles. The van der Waals surface area contributed by atoms with Gasteiger partial charge >= 0.3 is 5.97 Å². The monoisotopic (exact) mass is 224 g/mol. The van der Waals surface area contributed by atoms with Gasteiger partial charge in [-0.2, -0.15) is 0 Å². The SMILES string of the molecule is CCCC(=O)O[C@H]1C[C@H]2CC[C@@]1(C)C2(C)C. The molecule has 0 N–H and O–H groups in total. The number of carbonyl (C=O) groups excluding carboxylic acids is 1. The lowest BCUT2D eigenvalue weighted by Gasteiger charge is -2.38. The predicted molar refractivity (Wildman–Crippen MR) is 64.0 cm³/mol. The summed E-state index contributed by atoms with van der Waals surface area (Å²) >= 11 is 0. The molecule has 2 heteroatoms. The van der Waals surface area contributed by atoms with Gasteiger partial charge < -0.3 is 4.74 Å². The van der Waals surface area contributed by atoms with E-state index < -0.39 is 0 Å². The van der Waals surface area contributed by atoms with Gasteiger partial charge in [0.1, 0.15) is 6.10 Å². The lowest BCUT2D eigenvalue weighted by Crippen LogP contribution is -2.38. The van der Waals surface area contributed by atoms with Crippen molar-refractivity contribution in [3.05, 3.63) is 0 Å². The highest BCUT2D eigenvalue weighted by molar-refractivity contribution is 5.69. The molecule has 2 bridgehead atoms. The van der Waals surface area contributed by atoms with E-state index in [0.29, 0.717) is 11.8 Å². The van der Waals surface area contributed by atoms with E-state index in [0.717, 1.165) is 18.8 Å². The van der Waals surface area contributed by atoms with Gasteiger partial charge in [0, 0.05) is 11.8 Å². The smallest absolute Gasteiger partial charge is 0.306 e. The minimum atomic E-state index is -0.00271. The van der Waals surface area contributed by atoms with Crippen LogP contribution in [0.25, 0.3) is 0 Å². The first-order valence-corrected chi connectivity index (χ1v) is 6.61. The van der Waals surface area contributed by atoms with Crippen molar-refractivity contribution in [2.75, 3.05) is 0 Å². The standard InChI is InChI=1S/C14H24O2/c1-5-6-12(15)16-11-9-10-7-8-14(11,4)13(10,2)3/h10-11H,5-9H2,1-4H3/t10-,11+,14-/m1/s1. The molecule has 0 aliphatic heterocycles. The highest BCUT2D eigenvalue weighted by atomic mass is 16.5. The number of esters is 1. The van der Waals surface area contributed by atoms with E-state index in [4.69, 9.17) is 4.74 Å². The summed E-state index contributed by atoms with van der Waals surface area (Å²) in [7, 11) is 0. The normalized spacial score (nSPS) is 40.0. The molecule has 2 saturated carbocycles. The largest absolute Gasteiger partial charge is 0.462 e. The second-order valence-electron chi connectivity index (χ2n) is 6.34. The molecule has 0 heterocycles. The molecule has 2 aliphatic rings. The van der Waals surface area contributed by atoms with Crippen LogP contribution in [0.2, 0.25) is 0 Å². The van der Waals surface area contributed by atoms with Gasteiger partial charge in [-0.15, -0.1) is 0 Å². The zero-order chi connectivity index (χ0) is 12.0. The van der Waals surface area contributed by atoms with Crippen LogP contribution < -0.4 is 0 Å². The molecular formula is C14H24O2. The molecule has 0 unspecified atom stereocenters. The Kier molecular flexibility index (Phi) is 2.80. The van der Waals surface area contributed by atoms with Crippen molar-refractivity contribution in [2.24, 2.45) is 16.7 Å². The summed E-state index contributed by atoms with van der Waals surface area (Å²) in [6.07, 6.45) is 5.23. The third kappa shape index (κ3) is 1.49. The Morgan fingerprint density at radius 2 is 2.06 bits per heavy atom. The summed E-state index contributed by atoms with van der Waals surface area (Å²) in [6, 6.07) is 0. The summed E-state index contributed by atoms with van der Waals surface area (Å²) in [5.41, 5.74) is 0.547. The molecular weight excluding hydrogens is 200 g/mol. The zero-order valence-corrected chi connectivity index (χ0v) is 11.0. The number of fused-ring (bicyclic) bond motifs is 2. The molecule has 0 saturated heterocycles. The van der Waals surface area contributed by atoms with E-state index in [1.165, 1.54) is 12.8 Å². The van der Waals surface area contributed by atoms with Crippen LogP contribution >= 0.6 is 0 Å². The number of rotatable bonds is 3. The van der Waals surface area contributed by atoms with E-state index in [-0.39, 0.29) is 17.5 Å². The van der Waals surface area contributed by atoms with E-state index in [2.05, 4.69) is 20.8 Å². The van der Waals surface area contributed by atoms with Crippen molar-refractivity contribution in [1.29, 1.82) is 0 Å². The van der Waals surface area contributed by atoms with Gasteiger partial charge in [0.25, 0.3) is 0 Å². The Morgan fingerprint density at radius 1 is 1.38 bits per heavy atom. The summed E-state index contributed by atoms with van der Waals surface area (Å²) in [6.45, 7) is 9.02. The van der Waals surface area contributed by atoms with Crippen molar-refractivity contribution in [1.82, 2.24) is 0 Å². The number of hydrogen-bond donors (Lipinski definition) is 0. The first kappa shape index (κ1) is 11.9. The first-order valence-electron chi connectivity index (χ1n) is 6.61. The number of ether oxygens (including phenoxy) is 1. The molecule has 16 heavy (non-hydrogen) atoms.